The summed E-state index contributed by atoms with van der Waals surface area (Å²) in [5.74, 6) is 1.16. The SMILES string of the molecule is Cc1cc(NC(=O)CCN2CCN(Cc3ccc(Br)s3)CC2)no1. The number of nitrogens with zero attached hydrogens (tertiary/aromatic N) is 3. The number of thiophene rings is 1. The third kappa shape index (κ3) is 5.14. The minimum absolute atomic E-state index is 0.0193. The summed E-state index contributed by atoms with van der Waals surface area (Å²) in [7, 11) is 0. The minimum atomic E-state index is -0.0193. The highest BCUT2D eigenvalue weighted by molar-refractivity contribution is 9.11. The zero-order valence-corrected chi connectivity index (χ0v) is 16.0. The normalized spacial score (nSPS) is 16.4. The Morgan fingerprint density at radius 3 is 2.71 bits per heavy atom. The van der Waals surface area contributed by atoms with Crippen molar-refractivity contribution in [1.82, 2.24) is 15.0 Å². The number of amides is 1. The number of aryl methyl sites for hydroxylation is 1. The largest absolute Gasteiger partial charge is 0.360 e. The molecule has 2 aromatic rings. The molecule has 1 aliphatic heterocycles. The molecule has 1 amide bonds. The number of nitrogens with one attached hydrogen (secondary N) is 1. The van der Waals surface area contributed by atoms with Crippen LogP contribution in [0.25, 0.3) is 0 Å². The lowest BCUT2D eigenvalue weighted by atomic mass is 10.2. The molecule has 1 N–H and O–H groups in total. The molecule has 130 valence electrons. The molecule has 3 rings (SSSR count). The Labute approximate surface area is 153 Å². The summed E-state index contributed by atoms with van der Waals surface area (Å²) in [6, 6.07) is 6.00. The first kappa shape index (κ1) is 17.6. The number of halogens is 1. The predicted molar refractivity (Wildman–Crippen MR) is 98.2 cm³/mol. The van der Waals surface area contributed by atoms with Crippen molar-refractivity contribution in [1.29, 1.82) is 0 Å². The summed E-state index contributed by atoms with van der Waals surface area (Å²) in [5.41, 5.74) is 0. The van der Waals surface area contributed by atoms with E-state index in [4.69, 9.17) is 4.52 Å². The van der Waals surface area contributed by atoms with Gasteiger partial charge in [0, 0.05) is 56.6 Å². The Kier molecular flexibility index (Phi) is 6.04. The molecule has 0 bridgehead atoms. The van der Waals surface area contributed by atoms with Crippen molar-refractivity contribution in [3.8, 4) is 0 Å². The van der Waals surface area contributed by atoms with Crippen LogP contribution in [0.1, 0.15) is 17.1 Å². The van der Waals surface area contributed by atoms with Gasteiger partial charge >= 0.3 is 0 Å². The monoisotopic (exact) mass is 412 g/mol. The molecule has 8 heteroatoms. The first-order valence-corrected chi connectivity index (χ1v) is 9.61. The van der Waals surface area contributed by atoms with Crippen LogP contribution >= 0.6 is 27.3 Å². The third-order valence-corrected chi connectivity index (χ3v) is 5.63. The molecule has 0 aromatic carbocycles. The average molecular weight is 413 g/mol. The fourth-order valence-electron chi connectivity index (χ4n) is 2.72. The zero-order valence-electron chi connectivity index (χ0n) is 13.6. The van der Waals surface area contributed by atoms with Crippen LogP contribution in [0, 0.1) is 6.92 Å². The Morgan fingerprint density at radius 2 is 2.08 bits per heavy atom. The van der Waals surface area contributed by atoms with Gasteiger partial charge in [0.05, 0.1) is 3.79 Å². The lowest BCUT2D eigenvalue weighted by molar-refractivity contribution is -0.116. The molecule has 0 radical (unpaired) electrons. The molecule has 1 aliphatic rings. The highest BCUT2D eigenvalue weighted by Gasteiger charge is 2.18. The Morgan fingerprint density at radius 1 is 1.33 bits per heavy atom. The number of piperazine rings is 1. The Hall–Kier alpha value is -1.22. The maximum absolute atomic E-state index is 11.9. The summed E-state index contributed by atoms with van der Waals surface area (Å²) < 4.78 is 6.12. The van der Waals surface area contributed by atoms with E-state index in [1.165, 1.54) is 8.66 Å². The van der Waals surface area contributed by atoms with Crippen LogP contribution in [0.5, 0.6) is 0 Å². The first-order chi connectivity index (χ1) is 11.6. The van der Waals surface area contributed by atoms with Gasteiger partial charge in [0.2, 0.25) is 5.91 Å². The van der Waals surface area contributed by atoms with Gasteiger partial charge in [-0.05, 0) is 35.0 Å². The number of carbonyl (C=O) groups excluding carboxylic acids is 1. The molecule has 1 fully saturated rings. The molecule has 0 spiro atoms. The average Bonchev–Trinajstić information content (AvgIpc) is 3.15. The summed E-state index contributed by atoms with van der Waals surface area (Å²) >= 11 is 5.30. The van der Waals surface area contributed by atoms with Gasteiger partial charge in [0.25, 0.3) is 0 Å². The van der Waals surface area contributed by atoms with E-state index in [1.807, 2.05) is 0 Å². The van der Waals surface area contributed by atoms with Crippen LogP contribution in [-0.2, 0) is 11.3 Å². The van der Waals surface area contributed by atoms with E-state index in [0.29, 0.717) is 18.0 Å². The molecular formula is C16H21BrN4O2S. The van der Waals surface area contributed by atoms with E-state index in [0.717, 1.165) is 39.3 Å². The lowest BCUT2D eigenvalue weighted by Crippen LogP contribution is -2.46. The summed E-state index contributed by atoms with van der Waals surface area (Å²) in [6.45, 7) is 7.68. The fourth-order valence-corrected chi connectivity index (χ4v) is 4.24. The molecular weight excluding hydrogens is 392 g/mol. The second-order valence-corrected chi connectivity index (χ2v) is 8.49. The van der Waals surface area contributed by atoms with E-state index in [2.05, 4.69) is 48.3 Å². The molecule has 24 heavy (non-hydrogen) atoms. The quantitative estimate of drug-likeness (QED) is 0.789. The van der Waals surface area contributed by atoms with Crippen LogP contribution in [-0.4, -0.2) is 53.6 Å². The fraction of sp³-hybridized carbons (Fsp3) is 0.500. The van der Waals surface area contributed by atoms with E-state index in [1.54, 1.807) is 24.3 Å². The van der Waals surface area contributed by atoms with E-state index >= 15 is 0 Å². The van der Waals surface area contributed by atoms with Crippen LogP contribution < -0.4 is 5.32 Å². The van der Waals surface area contributed by atoms with Crippen molar-refractivity contribution in [2.75, 3.05) is 38.0 Å². The molecule has 0 unspecified atom stereocenters. The molecule has 0 saturated carbocycles. The van der Waals surface area contributed by atoms with Crippen LogP contribution in [0.2, 0.25) is 0 Å². The number of carbonyl (C=O) groups is 1. The minimum Gasteiger partial charge on any atom is -0.360 e. The van der Waals surface area contributed by atoms with Gasteiger partial charge in [-0.25, -0.2) is 0 Å². The van der Waals surface area contributed by atoms with Gasteiger partial charge < -0.3 is 14.7 Å². The van der Waals surface area contributed by atoms with E-state index in [9.17, 15) is 4.79 Å². The lowest BCUT2D eigenvalue weighted by Gasteiger charge is -2.34. The van der Waals surface area contributed by atoms with Crippen molar-refractivity contribution in [3.05, 3.63) is 32.6 Å². The molecule has 0 atom stereocenters. The molecule has 0 aliphatic carbocycles. The number of rotatable bonds is 6. The van der Waals surface area contributed by atoms with Gasteiger partial charge in [-0.1, -0.05) is 5.16 Å². The second kappa shape index (κ2) is 8.24. The highest BCUT2D eigenvalue weighted by atomic mass is 79.9. The van der Waals surface area contributed by atoms with Crippen molar-refractivity contribution < 1.29 is 9.32 Å². The van der Waals surface area contributed by atoms with Crippen molar-refractivity contribution in [2.24, 2.45) is 0 Å². The maximum Gasteiger partial charge on any atom is 0.226 e. The zero-order chi connectivity index (χ0) is 16.9. The van der Waals surface area contributed by atoms with Crippen molar-refractivity contribution >= 4 is 39.0 Å². The summed E-state index contributed by atoms with van der Waals surface area (Å²) in [5, 5.41) is 6.53. The predicted octanol–water partition coefficient (Wildman–Crippen LogP) is 2.95. The molecule has 1 saturated heterocycles. The third-order valence-electron chi connectivity index (χ3n) is 4.02. The standard InChI is InChI=1S/C16H21BrN4O2S/c1-12-10-15(19-23-12)18-16(22)4-5-20-6-8-21(9-7-20)11-13-2-3-14(17)24-13/h2-3,10H,4-9,11H2,1H3,(H,18,19,22). The topological polar surface area (TPSA) is 61.6 Å². The van der Waals surface area contributed by atoms with Gasteiger partial charge in [-0.15, -0.1) is 11.3 Å². The summed E-state index contributed by atoms with van der Waals surface area (Å²) in [4.78, 5) is 18.1. The molecule has 2 aromatic heterocycles. The highest BCUT2D eigenvalue weighted by Crippen LogP contribution is 2.23. The number of aromatic nitrogens is 1. The van der Waals surface area contributed by atoms with Gasteiger partial charge in [-0.2, -0.15) is 0 Å². The van der Waals surface area contributed by atoms with Gasteiger partial charge in [0.15, 0.2) is 5.82 Å². The van der Waals surface area contributed by atoms with Crippen LogP contribution in [0.4, 0.5) is 5.82 Å². The summed E-state index contributed by atoms with van der Waals surface area (Å²) in [6.07, 6.45) is 0.476. The number of hydrogen-bond donors (Lipinski definition) is 1. The smallest absolute Gasteiger partial charge is 0.226 e. The van der Waals surface area contributed by atoms with E-state index < -0.39 is 0 Å². The molecule has 3 heterocycles. The maximum atomic E-state index is 11.9. The van der Waals surface area contributed by atoms with Crippen molar-refractivity contribution in [3.63, 3.8) is 0 Å². The Bertz CT molecular complexity index is 679. The van der Waals surface area contributed by atoms with Crippen LogP contribution in [0.15, 0.2) is 26.5 Å². The van der Waals surface area contributed by atoms with E-state index in [-0.39, 0.29) is 5.91 Å². The van der Waals surface area contributed by atoms with Crippen molar-refractivity contribution in [2.45, 2.75) is 19.9 Å². The Balaban J connectivity index is 1.35. The first-order valence-electron chi connectivity index (χ1n) is 8.00. The molecule has 6 nitrogen and oxygen atoms in total. The number of hydrogen-bond acceptors (Lipinski definition) is 6. The van der Waals surface area contributed by atoms with Gasteiger partial charge in [-0.3, -0.25) is 9.69 Å². The van der Waals surface area contributed by atoms with Gasteiger partial charge in [0.1, 0.15) is 5.76 Å². The number of anilines is 1. The second-order valence-electron chi connectivity index (χ2n) is 5.94. The van der Waals surface area contributed by atoms with Crippen LogP contribution in [0.3, 0.4) is 0 Å².